The Morgan fingerprint density at radius 1 is 1.00 bits per heavy atom. The second-order valence-corrected chi connectivity index (χ2v) is 4.55. The third-order valence-corrected chi connectivity index (χ3v) is 2.79. The first kappa shape index (κ1) is 19.6. The smallest absolute Gasteiger partial charge is 0.00788 e. The highest BCUT2D eigenvalue weighted by molar-refractivity contribution is 5.25. The molecule has 0 saturated carbocycles. The Bertz CT molecular complexity index is 253. The van der Waals surface area contributed by atoms with Crippen molar-refractivity contribution in [1.29, 1.82) is 0 Å². The van der Waals surface area contributed by atoms with Crippen molar-refractivity contribution < 1.29 is 0 Å². The maximum absolute atomic E-state index is 2.33. The number of hydrogen-bond acceptors (Lipinski definition) is 0. The van der Waals surface area contributed by atoms with Crippen molar-refractivity contribution >= 4 is 0 Å². The monoisotopic (exact) mass is 250 g/mol. The molecule has 0 fully saturated rings. The summed E-state index contributed by atoms with van der Waals surface area (Å²) < 4.78 is 0. The Hall–Kier alpha value is -0.780. The van der Waals surface area contributed by atoms with Crippen molar-refractivity contribution in [2.24, 2.45) is 5.92 Å². The van der Waals surface area contributed by atoms with Crippen LogP contribution in [0.2, 0.25) is 0 Å². The topological polar surface area (TPSA) is 0 Å². The molecule has 0 rings (SSSR count). The Kier molecular flexibility index (Phi) is 15.5. The molecule has 0 aliphatic heterocycles. The molecule has 0 heteroatoms. The van der Waals surface area contributed by atoms with Crippen LogP contribution in [0, 0.1) is 5.92 Å². The summed E-state index contributed by atoms with van der Waals surface area (Å²) in [5.74, 6) is 0.547. The van der Waals surface area contributed by atoms with E-state index in [4.69, 9.17) is 0 Å². The maximum Gasteiger partial charge on any atom is -0.00788 e. The molecular formula is C18H34. The minimum Gasteiger partial charge on any atom is -0.0911 e. The fraction of sp³-hybridized carbons (Fsp3) is 0.667. The SMILES string of the molecule is C/C=C\C(C)/C=C\C(CCC)=C(/C)CCC.CC. The van der Waals surface area contributed by atoms with Gasteiger partial charge < -0.3 is 0 Å². The highest BCUT2D eigenvalue weighted by Crippen LogP contribution is 2.18. The molecule has 0 aromatic carbocycles. The maximum atomic E-state index is 2.33. The predicted molar refractivity (Wildman–Crippen MR) is 87.0 cm³/mol. The highest BCUT2D eigenvalue weighted by Gasteiger charge is 1.98. The van der Waals surface area contributed by atoms with Crippen LogP contribution in [0.3, 0.4) is 0 Å². The average Bonchev–Trinajstić information content (AvgIpc) is 2.37. The summed E-state index contributed by atoms with van der Waals surface area (Å²) in [5.41, 5.74) is 3.11. The van der Waals surface area contributed by atoms with Gasteiger partial charge in [0.05, 0.1) is 0 Å². The zero-order valence-corrected chi connectivity index (χ0v) is 13.7. The van der Waals surface area contributed by atoms with Crippen molar-refractivity contribution in [1.82, 2.24) is 0 Å². The van der Waals surface area contributed by atoms with Gasteiger partial charge >= 0.3 is 0 Å². The van der Waals surface area contributed by atoms with Crippen molar-refractivity contribution in [2.45, 2.75) is 74.1 Å². The van der Waals surface area contributed by atoms with Crippen LogP contribution in [0.15, 0.2) is 35.5 Å². The average molecular weight is 250 g/mol. The lowest BCUT2D eigenvalue weighted by molar-refractivity contribution is 0.848. The van der Waals surface area contributed by atoms with Gasteiger partial charge in [-0.2, -0.15) is 0 Å². The standard InChI is InChI=1S/C16H28.C2H6/c1-6-9-14(4)12-13-16(11-8-3)15(5)10-7-2;1-2/h6,9,12-14H,7-8,10-11H2,1-5H3;1-2H3/b9-6-,13-12-,16-15+;. The van der Waals surface area contributed by atoms with Crippen LogP contribution in [-0.4, -0.2) is 0 Å². The first-order chi connectivity index (χ1) is 8.65. The van der Waals surface area contributed by atoms with Gasteiger partial charge in [-0.3, -0.25) is 0 Å². The van der Waals surface area contributed by atoms with E-state index in [1.54, 1.807) is 11.1 Å². The Morgan fingerprint density at radius 2 is 1.56 bits per heavy atom. The van der Waals surface area contributed by atoms with Gasteiger partial charge in [0.15, 0.2) is 0 Å². The molecule has 0 saturated heterocycles. The molecule has 0 spiro atoms. The van der Waals surface area contributed by atoms with E-state index in [9.17, 15) is 0 Å². The summed E-state index contributed by atoms with van der Waals surface area (Å²) >= 11 is 0. The van der Waals surface area contributed by atoms with Crippen molar-refractivity contribution in [3.63, 3.8) is 0 Å². The molecule has 0 bridgehead atoms. The third-order valence-electron chi connectivity index (χ3n) is 2.79. The molecule has 0 amide bonds. The van der Waals surface area contributed by atoms with Gasteiger partial charge in [0, 0.05) is 0 Å². The summed E-state index contributed by atoms with van der Waals surface area (Å²) in [6.07, 6.45) is 13.9. The molecule has 18 heavy (non-hydrogen) atoms. The van der Waals surface area contributed by atoms with Crippen LogP contribution < -0.4 is 0 Å². The van der Waals surface area contributed by atoms with Crippen LogP contribution in [0.5, 0.6) is 0 Å². The number of rotatable bonds is 7. The lowest BCUT2D eigenvalue weighted by Crippen LogP contribution is -1.88. The second-order valence-electron chi connectivity index (χ2n) is 4.55. The van der Waals surface area contributed by atoms with Gasteiger partial charge in [0.2, 0.25) is 0 Å². The molecule has 0 aliphatic carbocycles. The fourth-order valence-electron chi connectivity index (χ4n) is 1.88. The van der Waals surface area contributed by atoms with Crippen molar-refractivity contribution in [2.75, 3.05) is 0 Å². The molecule has 0 nitrogen and oxygen atoms in total. The van der Waals surface area contributed by atoms with Crippen molar-refractivity contribution in [3.8, 4) is 0 Å². The Morgan fingerprint density at radius 3 is 2.00 bits per heavy atom. The largest absolute Gasteiger partial charge is 0.0911 e. The van der Waals surface area contributed by atoms with Gasteiger partial charge in [-0.15, -0.1) is 0 Å². The van der Waals surface area contributed by atoms with E-state index in [0.717, 1.165) is 0 Å². The van der Waals surface area contributed by atoms with Gasteiger partial charge in [-0.05, 0) is 38.2 Å². The van der Waals surface area contributed by atoms with Crippen molar-refractivity contribution in [3.05, 3.63) is 35.5 Å². The Balaban J connectivity index is 0. The molecule has 0 heterocycles. The summed E-state index contributed by atoms with van der Waals surface area (Å²) in [6, 6.07) is 0. The van der Waals surface area contributed by atoms with Gasteiger partial charge in [0.25, 0.3) is 0 Å². The lowest BCUT2D eigenvalue weighted by atomic mass is 9.99. The molecular weight excluding hydrogens is 216 g/mol. The molecule has 0 radical (unpaired) electrons. The summed E-state index contributed by atoms with van der Waals surface area (Å²) in [7, 11) is 0. The lowest BCUT2D eigenvalue weighted by Gasteiger charge is -2.07. The third kappa shape index (κ3) is 10.4. The molecule has 0 aliphatic rings. The normalized spacial score (nSPS) is 14.4. The fourth-order valence-corrected chi connectivity index (χ4v) is 1.88. The molecule has 0 aromatic heterocycles. The van der Waals surface area contributed by atoms with E-state index < -0.39 is 0 Å². The van der Waals surface area contributed by atoms with Crippen LogP contribution >= 0.6 is 0 Å². The zero-order valence-electron chi connectivity index (χ0n) is 13.7. The van der Waals surface area contributed by atoms with E-state index in [1.165, 1.54) is 25.7 Å². The zero-order chi connectivity index (χ0) is 14.4. The number of hydrogen-bond donors (Lipinski definition) is 0. The minimum absolute atomic E-state index is 0.547. The molecule has 106 valence electrons. The van der Waals surface area contributed by atoms with Crippen LogP contribution in [0.25, 0.3) is 0 Å². The summed E-state index contributed by atoms with van der Waals surface area (Å²) in [4.78, 5) is 0. The Labute approximate surface area is 116 Å². The van der Waals surface area contributed by atoms with Gasteiger partial charge in [0.1, 0.15) is 0 Å². The van der Waals surface area contributed by atoms with E-state index in [-0.39, 0.29) is 0 Å². The van der Waals surface area contributed by atoms with Crippen LogP contribution in [0.1, 0.15) is 74.1 Å². The summed E-state index contributed by atoms with van der Waals surface area (Å²) in [6.45, 7) is 15.1. The van der Waals surface area contributed by atoms with E-state index >= 15 is 0 Å². The molecule has 0 N–H and O–H groups in total. The molecule has 1 atom stereocenters. The number of allylic oxidation sites excluding steroid dienone is 6. The quantitative estimate of drug-likeness (QED) is 0.348. The molecule has 0 aromatic rings. The first-order valence-electron chi connectivity index (χ1n) is 7.65. The van der Waals surface area contributed by atoms with E-state index in [2.05, 4.69) is 58.9 Å². The minimum atomic E-state index is 0.547. The highest BCUT2D eigenvalue weighted by atomic mass is 14.0. The van der Waals surface area contributed by atoms with Gasteiger partial charge in [-0.1, -0.05) is 77.3 Å². The first-order valence-corrected chi connectivity index (χ1v) is 7.65. The van der Waals surface area contributed by atoms with Crippen LogP contribution in [0.4, 0.5) is 0 Å². The van der Waals surface area contributed by atoms with Gasteiger partial charge in [-0.25, -0.2) is 0 Å². The summed E-state index contributed by atoms with van der Waals surface area (Å²) in [5, 5.41) is 0. The van der Waals surface area contributed by atoms with E-state index in [0.29, 0.717) is 5.92 Å². The van der Waals surface area contributed by atoms with E-state index in [1.807, 2.05) is 13.8 Å². The second kappa shape index (κ2) is 14.3. The predicted octanol–water partition coefficient (Wildman–Crippen LogP) is 6.70. The van der Waals surface area contributed by atoms with Crippen LogP contribution in [-0.2, 0) is 0 Å². The molecule has 1 unspecified atom stereocenters.